The molecule has 0 saturated heterocycles. The van der Waals surface area contributed by atoms with E-state index in [1.165, 1.54) is 64.4 Å². The standard InChI is InChI=1S/C25H17.C13H8Cl2.C11H17.2ClH.Zr/c1-3-7-18(8-4-1)20-11-13-24-22(15-20)17-23-16-21(12-14-25(23)24)19-9-5-2-6-10-19;14-12-5-1-3-10(8-12)7-11-4-2-6-13(15)9-11;1-5-9-6-7-10(8-9)11(2,3)4;;;/h1-15H,17H2;1-6,8-9H;7-9H,5H2,1-4H3;2*1H;/q;;;;;+2/p-2. The molecule has 1 unspecified atom stereocenters. The molecule has 54 heavy (non-hydrogen) atoms. The summed E-state index contributed by atoms with van der Waals surface area (Å²) in [6.07, 6.45) is 7.16. The minimum Gasteiger partial charge on any atom is -1.00 e. The van der Waals surface area contributed by atoms with Crippen molar-refractivity contribution in [3.05, 3.63) is 193 Å². The smallest absolute Gasteiger partial charge is 1.00 e. The number of allylic oxidation sites excluding steroid dienone is 4. The van der Waals surface area contributed by atoms with Gasteiger partial charge in [0.2, 0.25) is 0 Å². The van der Waals surface area contributed by atoms with E-state index in [1.54, 1.807) is 6.55 Å². The molecule has 0 spiro atoms. The van der Waals surface area contributed by atoms with Gasteiger partial charge in [-0.15, -0.1) is 0 Å². The van der Waals surface area contributed by atoms with Gasteiger partial charge in [-0.05, 0) is 0 Å². The van der Waals surface area contributed by atoms with E-state index in [0.717, 1.165) is 22.9 Å². The maximum Gasteiger partial charge on any atom is -1.00 e. The van der Waals surface area contributed by atoms with Crippen LogP contribution in [-0.2, 0) is 27.7 Å². The third-order valence-electron chi connectivity index (χ3n) is 10.7. The van der Waals surface area contributed by atoms with E-state index in [0.29, 0.717) is 5.92 Å². The summed E-state index contributed by atoms with van der Waals surface area (Å²) in [5, 5.41) is 1.51. The third-order valence-corrected chi connectivity index (χ3v) is 19.1. The van der Waals surface area contributed by atoms with Crippen molar-refractivity contribution in [1.82, 2.24) is 0 Å². The van der Waals surface area contributed by atoms with Crippen molar-refractivity contribution in [2.45, 2.75) is 40.5 Å². The Morgan fingerprint density at radius 2 is 1.20 bits per heavy atom. The fraction of sp³-hybridized carbons (Fsp3) is 0.163. The Morgan fingerprint density at radius 1 is 0.630 bits per heavy atom. The molecule has 0 N–H and O–H groups in total. The fourth-order valence-corrected chi connectivity index (χ4v) is 17.5. The van der Waals surface area contributed by atoms with Crippen molar-refractivity contribution in [2.24, 2.45) is 11.3 Å². The molecular formula is C49H42Cl4Zr. The Labute approximate surface area is 351 Å². The Hall–Kier alpha value is -3.29. The van der Waals surface area contributed by atoms with Gasteiger partial charge in [-0.25, -0.2) is 0 Å². The summed E-state index contributed by atoms with van der Waals surface area (Å²) in [6, 6.07) is 50.8. The molecule has 1 atom stereocenters. The van der Waals surface area contributed by atoms with Gasteiger partial charge in [-0.2, -0.15) is 0 Å². The molecule has 6 aromatic carbocycles. The molecule has 270 valence electrons. The molecule has 5 heteroatoms. The van der Waals surface area contributed by atoms with Gasteiger partial charge in [-0.1, -0.05) is 0 Å². The molecule has 0 aromatic heterocycles. The topological polar surface area (TPSA) is 0 Å². The quantitative estimate of drug-likeness (QED) is 0.158. The van der Waals surface area contributed by atoms with E-state index in [2.05, 4.69) is 167 Å². The predicted octanol–water partition coefficient (Wildman–Crippen LogP) is 7.32. The molecule has 0 nitrogen and oxygen atoms in total. The SMILES string of the molecule is CCC1C=C(C(C)(C)C)C=[C]1[Zr+2](=[C](c1cccc(Cl)c1)c1cccc(Cl)c1)[c]1c(-c2ccccc2)ccc2c1Cc1cc(-c3ccccc3)ccc1-2.[Cl-].[Cl-]. The molecule has 2 aliphatic rings. The first-order chi connectivity index (χ1) is 25.2. The van der Waals surface area contributed by atoms with E-state index in [4.69, 9.17) is 23.2 Å². The Kier molecular flexibility index (Phi) is 12.6. The molecular weight excluding hydrogens is 822 g/mol. The van der Waals surface area contributed by atoms with Crippen molar-refractivity contribution in [2.75, 3.05) is 0 Å². The second kappa shape index (κ2) is 16.8. The van der Waals surface area contributed by atoms with Gasteiger partial charge < -0.3 is 24.8 Å². The number of hydrogen-bond acceptors (Lipinski definition) is 0. The molecule has 2 aliphatic carbocycles. The van der Waals surface area contributed by atoms with Crippen LogP contribution in [0.3, 0.4) is 0 Å². The molecule has 0 aliphatic heterocycles. The average Bonchev–Trinajstić information content (AvgIpc) is 3.76. The summed E-state index contributed by atoms with van der Waals surface area (Å²) in [7, 11) is 0. The molecule has 0 fully saturated rings. The maximum atomic E-state index is 6.86. The zero-order valence-electron chi connectivity index (χ0n) is 30.9. The van der Waals surface area contributed by atoms with E-state index in [1.807, 2.05) is 12.1 Å². The molecule has 0 amide bonds. The zero-order valence-corrected chi connectivity index (χ0v) is 36.4. The number of halogens is 4. The molecule has 0 radical (unpaired) electrons. The van der Waals surface area contributed by atoms with Crippen molar-refractivity contribution < 1.29 is 46.1 Å². The largest absolute Gasteiger partial charge is 1.00 e. The van der Waals surface area contributed by atoms with Gasteiger partial charge >= 0.3 is 329 Å². The van der Waals surface area contributed by atoms with Crippen LogP contribution in [0.4, 0.5) is 0 Å². The normalized spacial score (nSPS) is 14.1. The molecule has 6 aromatic rings. The monoisotopic (exact) mass is 860 g/mol. The fourth-order valence-electron chi connectivity index (χ4n) is 8.08. The van der Waals surface area contributed by atoms with Crippen molar-refractivity contribution in [3.8, 4) is 33.4 Å². The van der Waals surface area contributed by atoms with E-state index >= 15 is 0 Å². The minimum atomic E-state index is -3.21. The first-order valence-corrected chi connectivity index (χ1v) is 22.7. The van der Waals surface area contributed by atoms with Gasteiger partial charge in [-0.3, -0.25) is 0 Å². The predicted molar refractivity (Wildman–Crippen MR) is 221 cm³/mol. The van der Waals surface area contributed by atoms with Gasteiger partial charge in [0.15, 0.2) is 0 Å². The van der Waals surface area contributed by atoms with Crippen LogP contribution in [0.2, 0.25) is 10.0 Å². The van der Waals surface area contributed by atoms with Crippen LogP contribution in [0, 0.1) is 11.3 Å². The van der Waals surface area contributed by atoms with Crippen LogP contribution in [0.15, 0.2) is 161 Å². The van der Waals surface area contributed by atoms with Gasteiger partial charge in [0.05, 0.1) is 0 Å². The summed E-state index contributed by atoms with van der Waals surface area (Å²) in [5.41, 5.74) is 14.6. The summed E-state index contributed by atoms with van der Waals surface area (Å²) >= 11 is 10.5. The first kappa shape index (κ1) is 40.4. The van der Waals surface area contributed by atoms with Crippen molar-refractivity contribution in [3.63, 3.8) is 0 Å². The van der Waals surface area contributed by atoms with Gasteiger partial charge in [0.1, 0.15) is 0 Å². The second-order valence-electron chi connectivity index (χ2n) is 15.1. The number of rotatable bonds is 7. The molecule has 0 saturated carbocycles. The van der Waals surface area contributed by atoms with Gasteiger partial charge in [0, 0.05) is 0 Å². The van der Waals surface area contributed by atoms with Crippen LogP contribution in [0.5, 0.6) is 0 Å². The minimum absolute atomic E-state index is 0. The zero-order chi connectivity index (χ0) is 36.0. The summed E-state index contributed by atoms with van der Waals surface area (Å²) in [5.74, 6) is 0.366. The average molecular weight is 864 g/mol. The van der Waals surface area contributed by atoms with Gasteiger partial charge in [0.25, 0.3) is 0 Å². The first-order valence-electron chi connectivity index (χ1n) is 18.3. The van der Waals surface area contributed by atoms with E-state index in [9.17, 15) is 0 Å². The van der Waals surface area contributed by atoms with Crippen LogP contribution >= 0.6 is 23.2 Å². The van der Waals surface area contributed by atoms with E-state index < -0.39 is 21.3 Å². The van der Waals surface area contributed by atoms with Crippen LogP contribution in [0.25, 0.3) is 33.4 Å². The van der Waals surface area contributed by atoms with Crippen molar-refractivity contribution in [1.29, 1.82) is 0 Å². The number of hydrogen-bond donors (Lipinski definition) is 0. The molecule has 0 heterocycles. The number of fused-ring (bicyclic) bond motifs is 3. The van der Waals surface area contributed by atoms with E-state index in [-0.39, 0.29) is 30.2 Å². The number of benzene rings is 6. The van der Waals surface area contributed by atoms with Crippen LogP contribution in [0.1, 0.15) is 56.4 Å². The summed E-state index contributed by atoms with van der Waals surface area (Å²) in [4.78, 5) is 0. The van der Waals surface area contributed by atoms with Crippen LogP contribution < -0.4 is 28.1 Å². The molecule has 8 rings (SSSR count). The Balaban J connectivity index is 0.00000249. The molecule has 0 bridgehead atoms. The summed E-state index contributed by atoms with van der Waals surface area (Å²) in [6.45, 7) is 9.41. The van der Waals surface area contributed by atoms with Crippen molar-refractivity contribution >= 4 is 29.7 Å². The van der Waals surface area contributed by atoms with Crippen LogP contribution in [-0.4, -0.2) is 3.21 Å². The maximum absolute atomic E-state index is 6.86. The third kappa shape index (κ3) is 7.87. The second-order valence-corrected chi connectivity index (χ2v) is 21.6. The summed E-state index contributed by atoms with van der Waals surface area (Å²) < 4.78 is 4.61. The Morgan fingerprint density at radius 3 is 1.78 bits per heavy atom. The Bertz CT molecular complexity index is 2370.